The topological polar surface area (TPSA) is 104 Å². The van der Waals surface area contributed by atoms with Gasteiger partial charge < -0.3 is 10.2 Å². The molecule has 9 heteroatoms. The predicted octanol–water partition coefficient (Wildman–Crippen LogP) is 3.01. The van der Waals surface area contributed by atoms with Gasteiger partial charge >= 0.3 is 0 Å². The van der Waals surface area contributed by atoms with Crippen molar-refractivity contribution >= 4 is 27.7 Å². The number of benzene rings is 2. The van der Waals surface area contributed by atoms with E-state index in [0.29, 0.717) is 10.7 Å². The van der Waals surface area contributed by atoms with E-state index < -0.39 is 34.4 Å². The second kappa shape index (κ2) is 10.2. The first-order chi connectivity index (χ1) is 16.7. The number of aryl methyl sites for hydroxylation is 1. The molecule has 1 fully saturated rings. The Morgan fingerprint density at radius 3 is 2.37 bits per heavy atom. The molecule has 4 rings (SSSR count). The number of carbonyl (C=O) groups is 3. The van der Waals surface area contributed by atoms with Crippen LogP contribution in [0.1, 0.15) is 60.5 Å². The van der Waals surface area contributed by atoms with Crippen molar-refractivity contribution in [3.8, 4) is 0 Å². The summed E-state index contributed by atoms with van der Waals surface area (Å²) >= 11 is 0. The molecule has 2 aliphatic rings. The maximum absolute atomic E-state index is 13.6. The van der Waals surface area contributed by atoms with Crippen molar-refractivity contribution in [3.05, 3.63) is 65.2 Å². The molecule has 0 saturated heterocycles. The molecular formula is C26H31N3O5S. The maximum atomic E-state index is 13.6. The summed E-state index contributed by atoms with van der Waals surface area (Å²) in [5.74, 6) is -1.57. The fraction of sp³-hybridized carbons (Fsp3) is 0.423. The molecule has 1 aliphatic carbocycles. The van der Waals surface area contributed by atoms with Gasteiger partial charge in [-0.25, -0.2) is 12.7 Å². The second-order valence-corrected chi connectivity index (χ2v) is 11.1. The third-order valence-corrected chi connectivity index (χ3v) is 8.54. The van der Waals surface area contributed by atoms with E-state index in [0.717, 1.165) is 36.8 Å². The van der Waals surface area contributed by atoms with E-state index >= 15 is 0 Å². The van der Waals surface area contributed by atoms with Gasteiger partial charge in [0.25, 0.3) is 15.9 Å². The van der Waals surface area contributed by atoms with E-state index in [1.165, 1.54) is 17.0 Å². The quantitative estimate of drug-likeness (QED) is 0.604. The van der Waals surface area contributed by atoms with Crippen molar-refractivity contribution in [2.45, 2.75) is 69.5 Å². The Kier molecular flexibility index (Phi) is 7.25. The summed E-state index contributed by atoms with van der Waals surface area (Å²) in [6.07, 6.45) is 4.29. The second-order valence-electron chi connectivity index (χ2n) is 9.23. The summed E-state index contributed by atoms with van der Waals surface area (Å²) < 4.78 is 26.6. The minimum Gasteiger partial charge on any atom is -0.352 e. The summed E-state index contributed by atoms with van der Waals surface area (Å²) in [6, 6.07) is 12.8. The molecule has 8 nitrogen and oxygen atoms in total. The first kappa shape index (κ1) is 24.9. The summed E-state index contributed by atoms with van der Waals surface area (Å²) in [5.41, 5.74) is 1.93. The summed E-state index contributed by atoms with van der Waals surface area (Å²) in [5, 5.41) is 3.06. The summed E-state index contributed by atoms with van der Waals surface area (Å²) in [4.78, 5) is 41.0. The van der Waals surface area contributed by atoms with Gasteiger partial charge in [-0.2, -0.15) is 0 Å². The van der Waals surface area contributed by atoms with Crippen LogP contribution in [0, 0.1) is 6.92 Å². The molecular weight excluding hydrogens is 466 g/mol. The van der Waals surface area contributed by atoms with E-state index in [-0.39, 0.29) is 29.0 Å². The number of carbonyl (C=O) groups excluding carboxylic acids is 3. The molecule has 3 amide bonds. The van der Waals surface area contributed by atoms with Crippen LogP contribution in [0.2, 0.25) is 0 Å². The molecule has 0 radical (unpaired) electrons. The van der Waals surface area contributed by atoms with Crippen LogP contribution in [0.3, 0.4) is 0 Å². The number of hydrogen-bond donors (Lipinski definition) is 1. The number of nitrogens with one attached hydrogen (secondary N) is 1. The highest BCUT2D eigenvalue weighted by Gasteiger charge is 2.43. The number of hydrogen-bond acceptors (Lipinski definition) is 5. The molecule has 0 spiro atoms. The van der Waals surface area contributed by atoms with Gasteiger partial charge in [0.15, 0.2) is 0 Å². The molecule has 0 bridgehead atoms. The van der Waals surface area contributed by atoms with Gasteiger partial charge in [0.2, 0.25) is 11.8 Å². The lowest BCUT2D eigenvalue weighted by Crippen LogP contribution is -2.53. The predicted molar refractivity (Wildman–Crippen MR) is 131 cm³/mol. The van der Waals surface area contributed by atoms with Gasteiger partial charge in [-0.15, -0.1) is 0 Å². The number of rotatable bonds is 8. The Morgan fingerprint density at radius 2 is 1.74 bits per heavy atom. The lowest BCUT2D eigenvalue weighted by atomic mass is 10.1. The molecule has 2 aromatic carbocycles. The lowest BCUT2D eigenvalue weighted by molar-refractivity contribution is -0.141. The Labute approximate surface area is 206 Å². The Balaban J connectivity index is 1.60. The summed E-state index contributed by atoms with van der Waals surface area (Å²) in [7, 11) is -4.14. The fourth-order valence-corrected chi connectivity index (χ4v) is 6.30. The number of amides is 3. The third kappa shape index (κ3) is 5.10. The average molecular weight is 498 g/mol. The van der Waals surface area contributed by atoms with Gasteiger partial charge in [-0.1, -0.05) is 61.7 Å². The van der Waals surface area contributed by atoms with E-state index in [4.69, 9.17) is 0 Å². The zero-order valence-corrected chi connectivity index (χ0v) is 20.9. The van der Waals surface area contributed by atoms with Crippen LogP contribution in [0.25, 0.3) is 0 Å². The van der Waals surface area contributed by atoms with Crippen molar-refractivity contribution in [2.75, 3.05) is 6.54 Å². The molecule has 35 heavy (non-hydrogen) atoms. The SMILES string of the molecule is CC[C@@H](C(=O)NC1CCCC1)N(Cc1ccc(C)cc1)C(=O)CN1C(=O)c2ccccc2S1(=O)=O. The molecule has 1 N–H and O–H groups in total. The first-order valence-corrected chi connectivity index (χ1v) is 13.5. The highest BCUT2D eigenvalue weighted by molar-refractivity contribution is 7.90. The number of nitrogens with zero attached hydrogens (tertiary/aromatic N) is 2. The van der Waals surface area contributed by atoms with Crippen molar-refractivity contribution in [1.82, 2.24) is 14.5 Å². The average Bonchev–Trinajstić information content (AvgIpc) is 3.41. The molecule has 0 aromatic heterocycles. The standard InChI is InChI=1S/C26H31N3O5S/c1-3-22(25(31)27-20-8-4-5-9-20)28(16-19-14-12-18(2)13-15-19)24(30)17-29-26(32)21-10-6-7-11-23(21)35(29,33)34/h6-7,10-15,20,22H,3-5,8-9,16-17H2,1-2H3,(H,27,31)/t22-/m0/s1. The Morgan fingerprint density at radius 1 is 1.09 bits per heavy atom. The monoisotopic (exact) mass is 497 g/mol. The van der Waals surface area contributed by atoms with Crippen molar-refractivity contribution in [2.24, 2.45) is 0 Å². The number of sulfonamides is 1. The zero-order chi connectivity index (χ0) is 25.2. The van der Waals surface area contributed by atoms with Gasteiger partial charge in [-0.3, -0.25) is 14.4 Å². The highest BCUT2D eigenvalue weighted by Crippen LogP contribution is 2.30. The first-order valence-electron chi connectivity index (χ1n) is 12.0. The van der Waals surface area contributed by atoms with E-state index in [1.807, 2.05) is 38.1 Å². The maximum Gasteiger partial charge on any atom is 0.269 e. The van der Waals surface area contributed by atoms with Crippen molar-refractivity contribution in [3.63, 3.8) is 0 Å². The van der Waals surface area contributed by atoms with Crippen LogP contribution < -0.4 is 5.32 Å². The molecule has 1 heterocycles. The molecule has 186 valence electrons. The largest absolute Gasteiger partial charge is 0.352 e. The van der Waals surface area contributed by atoms with Gasteiger partial charge in [-0.05, 0) is 43.9 Å². The van der Waals surface area contributed by atoms with Crippen LogP contribution in [-0.4, -0.2) is 54.0 Å². The van der Waals surface area contributed by atoms with Gasteiger partial charge in [0.05, 0.1) is 5.56 Å². The molecule has 1 saturated carbocycles. The minimum absolute atomic E-state index is 0.0522. The molecule has 1 atom stereocenters. The van der Waals surface area contributed by atoms with E-state index in [2.05, 4.69) is 5.32 Å². The minimum atomic E-state index is -4.14. The Hall–Kier alpha value is -3.20. The van der Waals surface area contributed by atoms with Crippen LogP contribution in [0.15, 0.2) is 53.4 Å². The normalized spacial score (nSPS) is 17.8. The molecule has 2 aromatic rings. The molecule has 1 aliphatic heterocycles. The zero-order valence-electron chi connectivity index (χ0n) is 20.1. The van der Waals surface area contributed by atoms with Crippen molar-refractivity contribution in [1.29, 1.82) is 0 Å². The van der Waals surface area contributed by atoms with Crippen LogP contribution in [0.5, 0.6) is 0 Å². The van der Waals surface area contributed by atoms with Gasteiger partial charge in [0, 0.05) is 12.6 Å². The number of fused-ring (bicyclic) bond motifs is 1. The van der Waals surface area contributed by atoms with Crippen molar-refractivity contribution < 1.29 is 22.8 Å². The Bertz CT molecular complexity index is 1220. The van der Waals surface area contributed by atoms with Crippen LogP contribution in [0.4, 0.5) is 0 Å². The molecule has 0 unspecified atom stereocenters. The fourth-order valence-electron chi connectivity index (χ4n) is 4.78. The lowest BCUT2D eigenvalue weighted by Gasteiger charge is -2.32. The smallest absolute Gasteiger partial charge is 0.269 e. The van der Waals surface area contributed by atoms with Crippen LogP contribution in [-0.2, 0) is 26.2 Å². The van der Waals surface area contributed by atoms with Gasteiger partial charge in [0.1, 0.15) is 17.5 Å². The third-order valence-electron chi connectivity index (χ3n) is 6.75. The van der Waals surface area contributed by atoms with E-state index in [1.54, 1.807) is 12.1 Å². The van der Waals surface area contributed by atoms with Crippen LogP contribution >= 0.6 is 0 Å². The highest BCUT2D eigenvalue weighted by atomic mass is 32.2. The summed E-state index contributed by atoms with van der Waals surface area (Å²) in [6.45, 7) is 3.25. The van der Waals surface area contributed by atoms with E-state index in [9.17, 15) is 22.8 Å².